The third-order valence-electron chi connectivity index (χ3n) is 5.75. The van der Waals surface area contributed by atoms with Gasteiger partial charge in [0, 0.05) is 39.5 Å². The van der Waals surface area contributed by atoms with Gasteiger partial charge in [0.25, 0.3) is 11.6 Å². The lowest BCUT2D eigenvalue weighted by atomic mass is 10.0. The molecule has 0 aliphatic rings. The molecule has 1 heterocycles. The van der Waals surface area contributed by atoms with Gasteiger partial charge in [-0.3, -0.25) is 10.1 Å². The third kappa shape index (κ3) is 6.19. The minimum absolute atomic E-state index is 0.0299. The average Bonchev–Trinajstić information content (AvgIpc) is 3.36. The van der Waals surface area contributed by atoms with Crippen molar-refractivity contribution in [3.8, 4) is 28.1 Å². The van der Waals surface area contributed by atoms with Crippen LogP contribution in [-0.4, -0.2) is 32.1 Å². The van der Waals surface area contributed by atoms with Gasteiger partial charge in [-0.2, -0.15) is 5.10 Å². The third-order valence-corrected chi connectivity index (χ3v) is 6.81. The molecule has 0 aliphatic carbocycles. The lowest BCUT2D eigenvalue weighted by Crippen LogP contribution is -1.92. The van der Waals surface area contributed by atoms with Crippen molar-refractivity contribution >= 4 is 55.9 Å². The standard InChI is InChI=1S/C29H19Br2N5O3/c30-24-14-23(28(37)26(31)15-24)17-32-29-34-27(22-11-9-21(10-12-22)20-6-2-1-3-7-20)18-35(29)33-16-19-5-4-8-25(13-19)36(38)39/h1-18,37H. The molecule has 8 nitrogen and oxygen atoms in total. The first-order valence-electron chi connectivity index (χ1n) is 11.6. The predicted molar refractivity (Wildman–Crippen MR) is 160 cm³/mol. The van der Waals surface area contributed by atoms with Crippen molar-refractivity contribution in [2.75, 3.05) is 0 Å². The van der Waals surface area contributed by atoms with E-state index >= 15 is 0 Å². The van der Waals surface area contributed by atoms with Crippen LogP contribution in [0.5, 0.6) is 5.75 Å². The SMILES string of the molecule is O=[N+]([O-])c1cccc(C=Nn2cc(-c3ccc(-c4ccccc4)cc3)nc2N=Cc2cc(Br)cc(Br)c2O)c1. The molecule has 0 saturated heterocycles. The Morgan fingerprint density at radius 1 is 0.872 bits per heavy atom. The minimum atomic E-state index is -0.454. The van der Waals surface area contributed by atoms with Gasteiger partial charge in [-0.1, -0.05) is 82.7 Å². The molecule has 1 N–H and O–H groups in total. The van der Waals surface area contributed by atoms with Gasteiger partial charge in [0.15, 0.2) is 0 Å². The van der Waals surface area contributed by atoms with Gasteiger partial charge in [0.2, 0.25) is 0 Å². The number of phenols is 1. The lowest BCUT2D eigenvalue weighted by molar-refractivity contribution is -0.384. The van der Waals surface area contributed by atoms with Crippen molar-refractivity contribution in [3.63, 3.8) is 0 Å². The summed E-state index contributed by atoms with van der Waals surface area (Å²) >= 11 is 6.74. The van der Waals surface area contributed by atoms with Crippen molar-refractivity contribution < 1.29 is 10.0 Å². The van der Waals surface area contributed by atoms with E-state index in [-0.39, 0.29) is 17.4 Å². The number of phenolic OH excluding ortho intramolecular Hbond substituents is 1. The van der Waals surface area contributed by atoms with Crippen LogP contribution in [0.3, 0.4) is 0 Å². The summed E-state index contributed by atoms with van der Waals surface area (Å²) in [6, 6.07) is 27.7. The molecule has 0 fully saturated rings. The van der Waals surface area contributed by atoms with Crippen LogP contribution in [0.15, 0.2) is 116 Å². The van der Waals surface area contributed by atoms with Crippen molar-refractivity contribution in [1.29, 1.82) is 0 Å². The summed E-state index contributed by atoms with van der Waals surface area (Å²) in [5.41, 5.74) is 4.69. The fourth-order valence-corrected chi connectivity index (χ4v) is 5.05. The molecule has 0 saturated carbocycles. The number of rotatable bonds is 7. The number of non-ortho nitro benzene ring substituents is 1. The second-order valence-corrected chi connectivity index (χ2v) is 10.2. The Hall–Kier alpha value is -4.41. The van der Waals surface area contributed by atoms with Crippen LogP contribution in [0, 0.1) is 10.1 Å². The number of nitro groups is 1. The lowest BCUT2D eigenvalue weighted by Gasteiger charge is -2.02. The van der Waals surface area contributed by atoms with Crippen LogP contribution in [0.4, 0.5) is 11.6 Å². The molecule has 0 unspecified atom stereocenters. The number of aromatic hydroxyl groups is 1. The summed E-state index contributed by atoms with van der Waals surface area (Å²) in [5.74, 6) is 0.297. The zero-order valence-electron chi connectivity index (χ0n) is 20.1. The molecule has 5 aromatic rings. The van der Waals surface area contributed by atoms with Gasteiger partial charge in [0.05, 0.1) is 27.5 Å². The molecule has 1 aromatic heterocycles. The maximum Gasteiger partial charge on any atom is 0.270 e. The molecule has 0 aliphatic heterocycles. The summed E-state index contributed by atoms with van der Waals surface area (Å²) < 4.78 is 2.77. The van der Waals surface area contributed by atoms with E-state index in [2.05, 4.69) is 59.1 Å². The molecule has 0 spiro atoms. The average molecular weight is 645 g/mol. The van der Waals surface area contributed by atoms with Gasteiger partial charge in [-0.25, -0.2) is 14.7 Å². The fourth-order valence-electron chi connectivity index (χ4n) is 3.80. The quantitative estimate of drug-likeness (QED) is 0.110. The molecule has 0 bridgehead atoms. The summed E-state index contributed by atoms with van der Waals surface area (Å²) in [6.07, 6.45) is 4.73. The highest BCUT2D eigenvalue weighted by atomic mass is 79.9. The van der Waals surface area contributed by atoms with Gasteiger partial charge in [-0.05, 0) is 39.2 Å². The zero-order chi connectivity index (χ0) is 27.4. The molecule has 39 heavy (non-hydrogen) atoms. The normalized spacial score (nSPS) is 11.4. The van der Waals surface area contributed by atoms with Crippen LogP contribution >= 0.6 is 31.9 Å². The van der Waals surface area contributed by atoms with E-state index in [9.17, 15) is 15.2 Å². The number of hydrogen-bond donors (Lipinski definition) is 1. The first-order chi connectivity index (χ1) is 18.9. The van der Waals surface area contributed by atoms with E-state index in [0.29, 0.717) is 21.3 Å². The van der Waals surface area contributed by atoms with Gasteiger partial charge >= 0.3 is 0 Å². The van der Waals surface area contributed by atoms with Crippen LogP contribution in [-0.2, 0) is 0 Å². The van der Waals surface area contributed by atoms with Crippen LogP contribution in [0.25, 0.3) is 22.4 Å². The van der Waals surface area contributed by atoms with Crippen molar-refractivity contribution in [2.45, 2.75) is 0 Å². The number of nitro benzene ring substituents is 1. The molecule has 0 atom stereocenters. The topological polar surface area (TPSA) is 106 Å². The summed E-state index contributed by atoms with van der Waals surface area (Å²) in [5, 5.41) is 26.0. The number of hydrogen-bond acceptors (Lipinski definition) is 6. The minimum Gasteiger partial charge on any atom is -0.506 e. The van der Waals surface area contributed by atoms with Crippen LogP contribution in [0.1, 0.15) is 11.1 Å². The number of imidazole rings is 1. The second-order valence-electron chi connectivity index (χ2n) is 8.39. The monoisotopic (exact) mass is 643 g/mol. The highest BCUT2D eigenvalue weighted by Crippen LogP contribution is 2.31. The highest BCUT2D eigenvalue weighted by molar-refractivity contribution is 9.11. The molecule has 0 amide bonds. The maximum absolute atomic E-state index is 11.2. The van der Waals surface area contributed by atoms with Crippen LogP contribution < -0.4 is 0 Å². The first kappa shape index (κ1) is 26.2. The van der Waals surface area contributed by atoms with Crippen LogP contribution in [0.2, 0.25) is 0 Å². The van der Waals surface area contributed by atoms with Crippen molar-refractivity contribution in [3.05, 3.63) is 127 Å². The number of aliphatic imine (C=N–C) groups is 1. The zero-order valence-corrected chi connectivity index (χ0v) is 23.3. The number of nitrogens with zero attached hydrogens (tertiary/aromatic N) is 5. The number of aromatic nitrogens is 2. The van der Waals surface area contributed by atoms with E-state index in [1.807, 2.05) is 42.5 Å². The van der Waals surface area contributed by atoms with E-state index in [0.717, 1.165) is 21.2 Å². The molecule has 192 valence electrons. The van der Waals surface area contributed by atoms with E-state index in [1.54, 1.807) is 30.5 Å². The maximum atomic E-state index is 11.2. The van der Waals surface area contributed by atoms with Gasteiger partial charge in [-0.15, -0.1) is 0 Å². The molecule has 4 aromatic carbocycles. The Balaban J connectivity index is 1.52. The summed E-state index contributed by atoms with van der Waals surface area (Å²) in [7, 11) is 0. The highest BCUT2D eigenvalue weighted by Gasteiger charge is 2.11. The predicted octanol–water partition coefficient (Wildman–Crippen LogP) is 7.99. The fraction of sp³-hybridized carbons (Fsp3) is 0. The van der Waals surface area contributed by atoms with Gasteiger partial charge < -0.3 is 5.11 Å². The Labute approximate surface area is 240 Å². The number of benzene rings is 4. The summed E-state index contributed by atoms with van der Waals surface area (Å²) in [4.78, 5) is 19.9. The summed E-state index contributed by atoms with van der Waals surface area (Å²) in [6.45, 7) is 0. The smallest absolute Gasteiger partial charge is 0.270 e. The van der Waals surface area contributed by atoms with E-state index in [1.165, 1.54) is 29.2 Å². The Bertz CT molecular complexity index is 1720. The van der Waals surface area contributed by atoms with Crippen molar-refractivity contribution in [2.24, 2.45) is 10.1 Å². The molecule has 10 heteroatoms. The van der Waals surface area contributed by atoms with E-state index in [4.69, 9.17) is 0 Å². The van der Waals surface area contributed by atoms with Crippen molar-refractivity contribution in [1.82, 2.24) is 9.66 Å². The Kier molecular flexibility index (Phi) is 7.76. The molecular weight excluding hydrogens is 626 g/mol. The largest absolute Gasteiger partial charge is 0.506 e. The Morgan fingerprint density at radius 3 is 2.33 bits per heavy atom. The van der Waals surface area contributed by atoms with Gasteiger partial charge in [0.1, 0.15) is 5.75 Å². The molecule has 0 radical (unpaired) electrons. The van der Waals surface area contributed by atoms with E-state index < -0.39 is 4.92 Å². The second kappa shape index (κ2) is 11.5. The first-order valence-corrected chi connectivity index (χ1v) is 13.2. The number of halogens is 2. The molecule has 5 rings (SSSR count). The molecular formula is C29H19Br2N5O3. The Morgan fingerprint density at radius 2 is 1.59 bits per heavy atom.